The van der Waals surface area contributed by atoms with Gasteiger partial charge < -0.3 is 20.0 Å². The first kappa shape index (κ1) is 23.3. The van der Waals surface area contributed by atoms with Crippen molar-refractivity contribution in [1.29, 1.82) is 0 Å². The highest BCUT2D eigenvalue weighted by Crippen LogP contribution is 2.30. The third kappa shape index (κ3) is 5.87. The maximum atomic E-state index is 12.8. The number of hydrogen-bond donors (Lipinski definition) is 2. The summed E-state index contributed by atoms with van der Waals surface area (Å²) in [6.07, 6.45) is 5.08. The summed E-state index contributed by atoms with van der Waals surface area (Å²) in [4.78, 5) is 29.6. The Labute approximate surface area is 188 Å². The number of hydrogen-bond acceptors (Lipinski definition) is 5. The lowest BCUT2D eigenvalue weighted by Crippen LogP contribution is -2.47. The number of carboxylic acids is 1. The van der Waals surface area contributed by atoms with E-state index < -0.39 is 17.9 Å². The van der Waals surface area contributed by atoms with Crippen LogP contribution in [-0.4, -0.2) is 43.0 Å². The molecule has 7 heteroatoms. The van der Waals surface area contributed by atoms with E-state index in [2.05, 4.69) is 10.5 Å². The third-order valence-corrected chi connectivity index (χ3v) is 5.83. The molecule has 1 saturated carbocycles. The van der Waals surface area contributed by atoms with Gasteiger partial charge in [-0.05, 0) is 30.0 Å². The van der Waals surface area contributed by atoms with Gasteiger partial charge in [0.1, 0.15) is 24.6 Å². The zero-order valence-corrected chi connectivity index (χ0v) is 18.5. The smallest absolute Gasteiger partial charge is 0.326 e. The Morgan fingerprint density at radius 3 is 2.38 bits per heavy atom. The first-order chi connectivity index (χ1) is 15.5. The van der Waals surface area contributed by atoms with Crippen molar-refractivity contribution in [3.63, 3.8) is 0 Å². The van der Waals surface area contributed by atoms with Crippen molar-refractivity contribution in [2.45, 2.75) is 44.6 Å². The minimum absolute atomic E-state index is 0.00159. The summed E-state index contributed by atoms with van der Waals surface area (Å²) >= 11 is 0. The Morgan fingerprint density at radius 1 is 1.06 bits per heavy atom. The molecule has 0 unspecified atom stereocenters. The quantitative estimate of drug-likeness (QED) is 0.455. The number of rotatable bonds is 9. The van der Waals surface area contributed by atoms with Gasteiger partial charge >= 0.3 is 5.97 Å². The summed E-state index contributed by atoms with van der Waals surface area (Å²) in [5.74, 6) is -0.800. The normalized spacial score (nSPS) is 15.6. The number of methoxy groups -OCH3 is 1. The number of oxime groups is 1. The van der Waals surface area contributed by atoms with Crippen LogP contribution in [0.4, 0.5) is 0 Å². The van der Waals surface area contributed by atoms with Crippen molar-refractivity contribution >= 4 is 17.6 Å². The molecule has 0 aliphatic heterocycles. The molecule has 3 rings (SSSR count). The molecule has 1 aliphatic carbocycles. The van der Waals surface area contributed by atoms with E-state index in [-0.39, 0.29) is 18.1 Å². The SMILES string of the molecule is CON=C(C(=O)N[C@@H](Cc1ccc(-c2ccccc2OC)cc1)C(=O)O)C1CCCCC1. The number of nitrogens with zero attached hydrogens (tertiary/aromatic N) is 1. The number of carbonyl (C=O) groups is 2. The number of aliphatic carboxylic acids is 1. The molecule has 1 fully saturated rings. The molecule has 0 heterocycles. The van der Waals surface area contributed by atoms with Gasteiger partial charge in [-0.15, -0.1) is 0 Å². The van der Waals surface area contributed by atoms with Gasteiger partial charge in [-0.25, -0.2) is 4.79 Å². The van der Waals surface area contributed by atoms with Crippen LogP contribution in [0, 0.1) is 5.92 Å². The number of para-hydroxylation sites is 1. The molecular weight excluding hydrogens is 408 g/mol. The zero-order chi connectivity index (χ0) is 22.9. The Kier molecular flexibility index (Phi) is 8.25. The number of amides is 1. The van der Waals surface area contributed by atoms with Crippen LogP contribution < -0.4 is 10.1 Å². The molecule has 32 heavy (non-hydrogen) atoms. The standard InChI is InChI=1S/C25H30N2O5/c1-31-22-11-7-6-10-20(22)18-14-12-17(13-15-18)16-21(25(29)30)26-24(28)23(27-32-2)19-8-4-3-5-9-19/h6-7,10-15,19,21H,3-5,8-9,16H2,1-2H3,(H,26,28)(H,29,30)/t21-/m0/s1. The van der Waals surface area contributed by atoms with Crippen molar-refractivity contribution < 1.29 is 24.3 Å². The molecule has 0 spiro atoms. The minimum Gasteiger partial charge on any atom is -0.496 e. The van der Waals surface area contributed by atoms with E-state index in [9.17, 15) is 14.7 Å². The van der Waals surface area contributed by atoms with Crippen LogP contribution in [0.1, 0.15) is 37.7 Å². The van der Waals surface area contributed by atoms with Crippen molar-refractivity contribution in [3.8, 4) is 16.9 Å². The molecule has 0 bridgehead atoms. The van der Waals surface area contributed by atoms with Gasteiger partial charge in [0.2, 0.25) is 0 Å². The molecule has 2 aromatic rings. The summed E-state index contributed by atoms with van der Waals surface area (Å²) in [5.41, 5.74) is 3.01. The van der Waals surface area contributed by atoms with Crippen molar-refractivity contribution in [2.75, 3.05) is 14.2 Å². The molecule has 2 N–H and O–H groups in total. The predicted molar refractivity (Wildman–Crippen MR) is 123 cm³/mol. The highest BCUT2D eigenvalue weighted by Gasteiger charge is 2.29. The molecule has 1 atom stereocenters. The van der Waals surface area contributed by atoms with Crippen LogP contribution in [0.3, 0.4) is 0 Å². The summed E-state index contributed by atoms with van der Waals surface area (Å²) in [6.45, 7) is 0. The van der Waals surface area contributed by atoms with Gasteiger partial charge in [0.25, 0.3) is 5.91 Å². The fourth-order valence-corrected chi connectivity index (χ4v) is 4.15. The average Bonchev–Trinajstić information content (AvgIpc) is 2.83. The first-order valence-corrected chi connectivity index (χ1v) is 10.9. The monoisotopic (exact) mass is 438 g/mol. The maximum Gasteiger partial charge on any atom is 0.326 e. The van der Waals surface area contributed by atoms with Gasteiger partial charge in [-0.2, -0.15) is 0 Å². The summed E-state index contributed by atoms with van der Waals surface area (Å²) in [5, 5.41) is 16.3. The Morgan fingerprint density at radius 2 is 1.75 bits per heavy atom. The lowest BCUT2D eigenvalue weighted by Gasteiger charge is -2.23. The van der Waals surface area contributed by atoms with Crippen LogP contribution in [0.15, 0.2) is 53.7 Å². The van der Waals surface area contributed by atoms with E-state index in [1.165, 1.54) is 7.11 Å². The highest BCUT2D eigenvalue weighted by atomic mass is 16.6. The number of ether oxygens (including phenoxy) is 1. The number of carboxylic acid groups (broad SMARTS) is 1. The second-order valence-electron chi connectivity index (χ2n) is 7.96. The molecule has 0 radical (unpaired) electrons. The molecule has 1 amide bonds. The Balaban J connectivity index is 1.71. The van der Waals surface area contributed by atoms with Crippen LogP contribution in [0.5, 0.6) is 5.75 Å². The van der Waals surface area contributed by atoms with E-state index in [4.69, 9.17) is 9.57 Å². The average molecular weight is 439 g/mol. The van der Waals surface area contributed by atoms with E-state index in [0.29, 0.717) is 0 Å². The second-order valence-corrected chi connectivity index (χ2v) is 7.96. The molecule has 1 aliphatic rings. The van der Waals surface area contributed by atoms with Gasteiger partial charge in [0.05, 0.1) is 7.11 Å². The third-order valence-electron chi connectivity index (χ3n) is 5.83. The van der Waals surface area contributed by atoms with E-state index in [0.717, 1.165) is 54.5 Å². The predicted octanol–water partition coefficient (Wildman–Crippen LogP) is 4.06. The second kappa shape index (κ2) is 11.3. The van der Waals surface area contributed by atoms with Crippen LogP contribution in [0.25, 0.3) is 11.1 Å². The van der Waals surface area contributed by atoms with Crippen LogP contribution in [0.2, 0.25) is 0 Å². The molecule has 2 aromatic carbocycles. The first-order valence-electron chi connectivity index (χ1n) is 10.9. The van der Waals surface area contributed by atoms with E-state index in [1.807, 2.05) is 48.5 Å². The number of benzene rings is 2. The van der Waals surface area contributed by atoms with Crippen LogP contribution >= 0.6 is 0 Å². The van der Waals surface area contributed by atoms with Crippen molar-refractivity contribution in [2.24, 2.45) is 11.1 Å². The number of carbonyl (C=O) groups excluding carboxylic acids is 1. The lowest BCUT2D eigenvalue weighted by atomic mass is 9.85. The highest BCUT2D eigenvalue weighted by molar-refractivity contribution is 6.39. The molecule has 7 nitrogen and oxygen atoms in total. The molecule has 170 valence electrons. The minimum atomic E-state index is -1.09. The Bertz CT molecular complexity index is 949. The topological polar surface area (TPSA) is 97.2 Å². The molecular formula is C25H30N2O5. The van der Waals surface area contributed by atoms with Crippen molar-refractivity contribution in [1.82, 2.24) is 5.32 Å². The Hall–Kier alpha value is -3.35. The van der Waals surface area contributed by atoms with Crippen molar-refractivity contribution in [3.05, 3.63) is 54.1 Å². The number of nitrogens with one attached hydrogen (secondary N) is 1. The van der Waals surface area contributed by atoms with Crippen LogP contribution in [-0.2, 0) is 20.8 Å². The maximum absolute atomic E-state index is 12.8. The summed E-state index contributed by atoms with van der Waals surface area (Å²) in [7, 11) is 3.02. The zero-order valence-electron chi connectivity index (χ0n) is 18.5. The fraction of sp³-hybridized carbons (Fsp3) is 0.400. The van der Waals surface area contributed by atoms with E-state index in [1.54, 1.807) is 7.11 Å². The fourth-order valence-electron chi connectivity index (χ4n) is 4.15. The van der Waals surface area contributed by atoms with Gasteiger partial charge in [0, 0.05) is 17.9 Å². The van der Waals surface area contributed by atoms with E-state index >= 15 is 0 Å². The van der Waals surface area contributed by atoms with Gasteiger partial charge in [-0.1, -0.05) is 66.9 Å². The largest absolute Gasteiger partial charge is 0.496 e. The summed E-state index contributed by atoms with van der Waals surface area (Å²) < 4.78 is 5.42. The lowest BCUT2D eigenvalue weighted by molar-refractivity contribution is -0.141. The van der Waals surface area contributed by atoms with Gasteiger partial charge in [-0.3, -0.25) is 4.79 Å². The molecule has 0 aromatic heterocycles. The van der Waals surface area contributed by atoms with Gasteiger partial charge in [0.15, 0.2) is 0 Å². The molecule has 0 saturated heterocycles. The summed E-state index contributed by atoms with van der Waals surface area (Å²) in [6, 6.07) is 14.2.